The average Bonchev–Trinajstić information content (AvgIpc) is 2.68. The van der Waals surface area contributed by atoms with Crippen molar-refractivity contribution in [3.05, 3.63) is 66.0 Å². The first-order valence-corrected chi connectivity index (χ1v) is 9.00. The van der Waals surface area contributed by atoms with Gasteiger partial charge in [0.2, 0.25) is 11.8 Å². The van der Waals surface area contributed by atoms with Crippen LogP contribution in [0.5, 0.6) is 0 Å². The van der Waals surface area contributed by atoms with Gasteiger partial charge in [0, 0.05) is 25.8 Å². The minimum Gasteiger partial charge on any atom is -0.383 e. The Morgan fingerprint density at radius 3 is 2.56 bits per heavy atom. The lowest BCUT2D eigenvalue weighted by atomic mass is 9.83. The number of anilines is 1. The van der Waals surface area contributed by atoms with Crippen molar-refractivity contribution < 1.29 is 18.7 Å². The zero-order valence-corrected chi connectivity index (χ0v) is 15.2. The van der Waals surface area contributed by atoms with E-state index in [1.165, 1.54) is 12.1 Å². The minimum atomic E-state index is -0.453. The standard InChI is InChI=1S/C21H23FN2O3/c1-27-14-13-24-19(25)12-11-18(20(24)15-7-9-16(22)10-8-15)21(26)23-17-5-3-2-4-6-17/h2-10,18,20H,11-14H2,1H3,(H,23,26)/t18-,20+/m1/s1. The smallest absolute Gasteiger partial charge is 0.229 e. The molecule has 0 radical (unpaired) electrons. The highest BCUT2D eigenvalue weighted by Crippen LogP contribution is 2.37. The molecular weight excluding hydrogens is 347 g/mol. The van der Waals surface area contributed by atoms with Crippen LogP contribution in [0.4, 0.5) is 10.1 Å². The second-order valence-electron chi connectivity index (χ2n) is 6.58. The van der Waals surface area contributed by atoms with Gasteiger partial charge in [0.05, 0.1) is 18.6 Å². The van der Waals surface area contributed by atoms with Gasteiger partial charge < -0.3 is 15.0 Å². The van der Waals surface area contributed by atoms with Crippen LogP contribution in [0.3, 0.4) is 0 Å². The first-order chi connectivity index (χ1) is 13.1. The largest absolute Gasteiger partial charge is 0.383 e. The first-order valence-electron chi connectivity index (χ1n) is 9.00. The van der Waals surface area contributed by atoms with E-state index < -0.39 is 12.0 Å². The SMILES string of the molecule is COCCN1C(=O)CC[C@@H](C(=O)Nc2ccccc2)[C@@H]1c1ccc(F)cc1. The fraction of sp³-hybridized carbons (Fsp3) is 0.333. The van der Waals surface area contributed by atoms with Crippen LogP contribution >= 0.6 is 0 Å². The molecule has 1 heterocycles. The van der Waals surface area contributed by atoms with Crippen LogP contribution < -0.4 is 5.32 Å². The summed E-state index contributed by atoms with van der Waals surface area (Å²) in [6.45, 7) is 0.753. The number of piperidine rings is 1. The second-order valence-corrected chi connectivity index (χ2v) is 6.58. The number of para-hydroxylation sites is 1. The molecule has 27 heavy (non-hydrogen) atoms. The Morgan fingerprint density at radius 2 is 1.89 bits per heavy atom. The number of hydrogen-bond acceptors (Lipinski definition) is 3. The Morgan fingerprint density at radius 1 is 1.19 bits per heavy atom. The summed E-state index contributed by atoms with van der Waals surface area (Å²) in [5.41, 5.74) is 1.45. The van der Waals surface area contributed by atoms with E-state index in [0.717, 1.165) is 5.56 Å². The molecule has 0 aromatic heterocycles. The maximum absolute atomic E-state index is 13.4. The van der Waals surface area contributed by atoms with Crippen molar-refractivity contribution in [1.82, 2.24) is 4.90 Å². The van der Waals surface area contributed by atoms with Gasteiger partial charge in [0.15, 0.2) is 0 Å². The van der Waals surface area contributed by atoms with Crippen LogP contribution in [0, 0.1) is 11.7 Å². The molecule has 2 amide bonds. The number of carbonyl (C=O) groups is 2. The molecule has 1 fully saturated rings. The number of rotatable bonds is 6. The van der Waals surface area contributed by atoms with Crippen molar-refractivity contribution in [2.45, 2.75) is 18.9 Å². The number of nitrogens with zero attached hydrogens (tertiary/aromatic N) is 1. The molecule has 3 rings (SSSR count). The van der Waals surface area contributed by atoms with Crippen molar-refractivity contribution in [1.29, 1.82) is 0 Å². The number of methoxy groups -OCH3 is 1. The monoisotopic (exact) mass is 370 g/mol. The topological polar surface area (TPSA) is 58.6 Å². The number of likely N-dealkylation sites (tertiary alicyclic amines) is 1. The summed E-state index contributed by atoms with van der Waals surface area (Å²) in [6, 6.07) is 14.8. The molecule has 0 bridgehead atoms. The molecule has 0 spiro atoms. The van der Waals surface area contributed by atoms with Crippen molar-refractivity contribution >= 4 is 17.5 Å². The predicted molar refractivity (Wildman–Crippen MR) is 101 cm³/mol. The number of ether oxygens (including phenoxy) is 1. The molecule has 1 N–H and O–H groups in total. The average molecular weight is 370 g/mol. The van der Waals surface area contributed by atoms with Crippen LogP contribution in [-0.4, -0.2) is 37.0 Å². The van der Waals surface area contributed by atoms with Gasteiger partial charge in [-0.2, -0.15) is 0 Å². The van der Waals surface area contributed by atoms with Crippen molar-refractivity contribution in [3.63, 3.8) is 0 Å². The maximum atomic E-state index is 13.4. The van der Waals surface area contributed by atoms with Crippen molar-refractivity contribution in [2.24, 2.45) is 5.92 Å². The summed E-state index contributed by atoms with van der Waals surface area (Å²) in [7, 11) is 1.57. The molecule has 2 aromatic carbocycles. The predicted octanol–water partition coefficient (Wildman–Crippen LogP) is 3.39. The van der Waals surface area contributed by atoms with Crippen LogP contribution in [0.15, 0.2) is 54.6 Å². The Balaban J connectivity index is 1.90. The van der Waals surface area contributed by atoms with E-state index in [-0.39, 0.29) is 17.6 Å². The fourth-order valence-corrected chi connectivity index (χ4v) is 3.51. The number of nitrogens with one attached hydrogen (secondary N) is 1. The molecule has 0 unspecified atom stereocenters. The highest BCUT2D eigenvalue weighted by atomic mass is 19.1. The lowest BCUT2D eigenvalue weighted by Gasteiger charge is -2.40. The Bertz CT molecular complexity index is 780. The van der Waals surface area contributed by atoms with Crippen LogP contribution in [0.25, 0.3) is 0 Å². The van der Waals surface area contributed by atoms with Gasteiger partial charge >= 0.3 is 0 Å². The summed E-state index contributed by atoms with van der Waals surface area (Å²) in [5.74, 6) is -0.949. The first kappa shape index (κ1) is 19.0. The third-order valence-corrected chi connectivity index (χ3v) is 4.83. The molecule has 1 aliphatic heterocycles. The number of carbonyl (C=O) groups excluding carboxylic acids is 2. The lowest BCUT2D eigenvalue weighted by Crippen LogP contribution is -2.47. The van der Waals surface area contributed by atoms with E-state index in [9.17, 15) is 14.0 Å². The van der Waals surface area contributed by atoms with Crippen molar-refractivity contribution in [3.8, 4) is 0 Å². The highest BCUT2D eigenvalue weighted by molar-refractivity contribution is 5.94. The highest BCUT2D eigenvalue weighted by Gasteiger charge is 2.40. The zero-order chi connectivity index (χ0) is 19.2. The van der Waals surface area contributed by atoms with Crippen LogP contribution in [-0.2, 0) is 14.3 Å². The molecule has 2 aromatic rings. The number of amides is 2. The molecule has 6 heteroatoms. The van der Waals surface area contributed by atoms with Gasteiger partial charge in [-0.3, -0.25) is 9.59 Å². The molecule has 1 saturated heterocycles. The van der Waals surface area contributed by atoms with E-state index in [1.54, 1.807) is 24.1 Å². The quantitative estimate of drug-likeness (QED) is 0.848. The van der Waals surface area contributed by atoms with Crippen LogP contribution in [0.1, 0.15) is 24.4 Å². The van der Waals surface area contributed by atoms with Gasteiger partial charge in [-0.05, 0) is 36.2 Å². The second kappa shape index (κ2) is 8.77. The van der Waals surface area contributed by atoms with Gasteiger partial charge in [-0.15, -0.1) is 0 Å². The molecule has 2 atom stereocenters. The maximum Gasteiger partial charge on any atom is 0.229 e. The Hall–Kier alpha value is -2.73. The third-order valence-electron chi connectivity index (χ3n) is 4.83. The fourth-order valence-electron chi connectivity index (χ4n) is 3.51. The summed E-state index contributed by atoms with van der Waals surface area (Å²) < 4.78 is 18.5. The summed E-state index contributed by atoms with van der Waals surface area (Å²) >= 11 is 0. The molecule has 5 nitrogen and oxygen atoms in total. The molecular formula is C21H23FN2O3. The molecule has 142 valence electrons. The van der Waals surface area contributed by atoms with Gasteiger partial charge in [0.25, 0.3) is 0 Å². The summed E-state index contributed by atoms with van der Waals surface area (Å²) in [5, 5.41) is 2.93. The zero-order valence-electron chi connectivity index (χ0n) is 15.2. The lowest BCUT2D eigenvalue weighted by molar-refractivity contribution is -0.142. The number of hydrogen-bond donors (Lipinski definition) is 1. The van der Waals surface area contributed by atoms with E-state index in [0.29, 0.717) is 31.7 Å². The summed E-state index contributed by atoms with van der Waals surface area (Å²) in [6.07, 6.45) is 0.747. The van der Waals surface area contributed by atoms with E-state index >= 15 is 0 Å². The van der Waals surface area contributed by atoms with Crippen molar-refractivity contribution in [2.75, 3.05) is 25.6 Å². The van der Waals surface area contributed by atoms with E-state index in [1.807, 2.05) is 30.3 Å². The number of halogens is 1. The molecule has 0 aliphatic carbocycles. The Kier molecular flexibility index (Phi) is 6.19. The number of benzene rings is 2. The normalized spacial score (nSPS) is 19.8. The van der Waals surface area contributed by atoms with Gasteiger partial charge in [-0.1, -0.05) is 30.3 Å². The van der Waals surface area contributed by atoms with Gasteiger partial charge in [-0.25, -0.2) is 4.39 Å². The molecule has 1 aliphatic rings. The van der Waals surface area contributed by atoms with E-state index in [2.05, 4.69) is 5.32 Å². The molecule has 0 saturated carbocycles. The van der Waals surface area contributed by atoms with E-state index in [4.69, 9.17) is 4.74 Å². The van der Waals surface area contributed by atoms with Crippen LogP contribution in [0.2, 0.25) is 0 Å². The Labute approximate surface area is 158 Å². The third kappa shape index (κ3) is 4.52. The minimum absolute atomic E-state index is 0.0230. The summed E-state index contributed by atoms with van der Waals surface area (Å²) in [4.78, 5) is 27.2. The van der Waals surface area contributed by atoms with Gasteiger partial charge in [0.1, 0.15) is 5.82 Å².